The molecular formula is C18H33NO3. The number of carbonyl (C=O) groups excluding carboxylic acids is 2. The van der Waals surface area contributed by atoms with Crippen molar-refractivity contribution < 1.29 is 14.3 Å². The second-order valence-electron chi connectivity index (χ2n) is 8.05. The number of nitrogens with zero attached hydrogens (tertiary/aromatic N) is 1. The first-order chi connectivity index (χ1) is 10.1. The summed E-state index contributed by atoms with van der Waals surface area (Å²) in [7, 11) is 1.39. The number of hydrogen-bond donors (Lipinski definition) is 0. The fraction of sp³-hybridized carbons (Fsp3) is 0.889. The minimum atomic E-state index is -0.308. The summed E-state index contributed by atoms with van der Waals surface area (Å²) < 4.78 is 4.83. The predicted octanol–water partition coefficient (Wildman–Crippen LogP) is 3.64. The molecule has 128 valence electrons. The molecule has 0 aliphatic carbocycles. The fourth-order valence-electron chi connectivity index (χ4n) is 3.07. The lowest BCUT2D eigenvalue weighted by Gasteiger charge is -2.44. The molecule has 1 saturated heterocycles. The number of rotatable bonds is 7. The summed E-state index contributed by atoms with van der Waals surface area (Å²) in [6, 6.07) is 0.162. The van der Waals surface area contributed by atoms with E-state index in [1.807, 2.05) is 4.90 Å². The molecule has 1 amide bonds. The molecule has 1 aliphatic heterocycles. The summed E-state index contributed by atoms with van der Waals surface area (Å²) in [5, 5.41) is 0. The smallest absolute Gasteiger partial charge is 0.310 e. The van der Waals surface area contributed by atoms with Crippen molar-refractivity contribution in [3.8, 4) is 0 Å². The standard InChI is InChI=1S/C18H33NO3/c1-8-17(3,4)11-14(18(5,6)9-2)19-12-13(10-15(19)20)16(21)22-7/h13-14H,8-12H2,1-7H3. The molecule has 0 radical (unpaired) electrons. The van der Waals surface area contributed by atoms with Gasteiger partial charge in [0.15, 0.2) is 0 Å². The lowest BCUT2D eigenvalue weighted by atomic mass is 9.72. The van der Waals surface area contributed by atoms with E-state index in [0.29, 0.717) is 6.54 Å². The molecule has 1 heterocycles. The van der Waals surface area contributed by atoms with Crippen molar-refractivity contribution in [1.82, 2.24) is 4.90 Å². The number of ether oxygens (including phenoxy) is 1. The Labute approximate surface area is 135 Å². The lowest BCUT2D eigenvalue weighted by molar-refractivity contribution is -0.145. The predicted molar refractivity (Wildman–Crippen MR) is 88.4 cm³/mol. The summed E-state index contributed by atoms with van der Waals surface area (Å²) in [5.74, 6) is -0.482. The van der Waals surface area contributed by atoms with Gasteiger partial charge in [-0.3, -0.25) is 9.59 Å². The van der Waals surface area contributed by atoms with Gasteiger partial charge < -0.3 is 9.64 Å². The van der Waals surface area contributed by atoms with Crippen LogP contribution in [0.2, 0.25) is 0 Å². The van der Waals surface area contributed by atoms with Crippen LogP contribution >= 0.6 is 0 Å². The minimum absolute atomic E-state index is 0.0348. The highest BCUT2D eigenvalue weighted by Crippen LogP contribution is 2.40. The lowest BCUT2D eigenvalue weighted by Crippen LogP contribution is -2.48. The van der Waals surface area contributed by atoms with Crippen LogP contribution in [-0.2, 0) is 14.3 Å². The van der Waals surface area contributed by atoms with Gasteiger partial charge in [-0.2, -0.15) is 0 Å². The summed E-state index contributed by atoms with van der Waals surface area (Å²) in [6.07, 6.45) is 3.33. The monoisotopic (exact) mass is 311 g/mol. The van der Waals surface area contributed by atoms with E-state index >= 15 is 0 Å². The molecule has 2 unspecified atom stereocenters. The van der Waals surface area contributed by atoms with E-state index in [4.69, 9.17) is 4.74 Å². The number of carbonyl (C=O) groups is 2. The average molecular weight is 311 g/mol. The molecular weight excluding hydrogens is 278 g/mol. The minimum Gasteiger partial charge on any atom is -0.469 e. The van der Waals surface area contributed by atoms with E-state index in [9.17, 15) is 9.59 Å². The van der Waals surface area contributed by atoms with Crippen molar-refractivity contribution in [2.24, 2.45) is 16.7 Å². The van der Waals surface area contributed by atoms with Gasteiger partial charge >= 0.3 is 5.97 Å². The Kier molecular flexibility index (Phi) is 6.05. The highest BCUT2D eigenvalue weighted by atomic mass is 16.5. The van der Waals surface area contributed by atoms with Crippen LogP contribution in [0.15, 0.2) is 0 Å². The van der Waals surface area contributed by atoms with Gasteiger partial charge in [-0.25, -0.2) is 0 Å². The first-order valence-corrected chi connectivity index (χ1v) is 8.45. The van der Waals surface area contributed by atoms with Crippen LogP contribution in [0.4, 0.5) is 0 Å². The third-order valence-corrected chi connectivity index (χ3v) is 5.59. The highest BCUT2D eigenvalue weighted by molar-refractivity contribution is 5.87. The quantitative estimate of drug-likeness (QED) is 0.674. The molecule has 0 saturated carbocycles. The van der Waals surface area contributed by atoms with Crippen molar-refractivity contribution in [2.75, 3.05) is 13.7 Å². The summed E-state index contributed by atoms with van der Waals surface area (Å²) in [4.78, 5) is 26.2. The van der Waals surface area contributed by atoms with E-state index in [0.717, 1.165) is 19.3 Å². The maximum atomic E-state index is 12.5. The molecule has 4 heteroatoms. The average Bonchev–Trinajstić information content (AvgIpc) is 2.85. The number of amides is 1. The Morgan fingerprint density at radius 2 is 1.86 bits per heavy atom. The number of hydrogen-bond acceptors (Lipinski definition) is 3. The summed E-state index contributed by atoms with van der Waals surface area (Å²) in [5.41, 5.74) is 0.216. The fourth-order valence-corrected chi connectivity index (χ4v) is 3.07. The molecule has 2 atom stereocenters. The Morgan fingerprint density at radius 1 is 1.27 bits per heavy atom. The maximum Gasteiger partial charge on any atom is 0.310 e. The Hall–Kier alpha value is -1.06. The molecule has 0 spiro atoms. The van der Waals surface area contributed by atoms with E-state index in [1.165, 1.54) is 7.11 Å². The zero-order chi connectivity index (χ0) is 17.1. The van der Waals surface area contributed by atoms with Crippen LogP contribution in [0, 0.1) is 16.7 Å². The molecule has 1 fully saturated rings. The van der Waals surface area contributed by atoms with Crippen LogP contribution < -0.4 is 0 Å². The molecule has 0 aromatic heterocycles. The van der Waals surface area contributed by atoms with Gasteiger partial charge in [-0.15, -0.1) is 0 Å². The number of esters is 1. The van der Waals surface area contributed by atoms with Crippen LogP contribution in [-0.4, -0.2) is 36.5 Å². The molecule has 22 heavy (non-hydrogen) atoms. The zero-order valence-electron chi connectivity index (χ0n) is 15.4. The van der Waals surface area contributed by atoms with Crippen molar-refractivity contribution in [3.05, 3.63) is 0 Å². The van der Waals surface area contributed by atoms with Crippen LogP contribution in [0.5, 0.6) is 0 Å². The Balaban J connectivity index is 3.02. The van der Waals surface area contributed by atoms with Gasteiger partial charge in [0.05, 0.1) is 13.0 Å². The SMILES string of the molecule is CCC(C)(C)CC(N1CC(C(=O)OC)CC1=O)C(C)(C)CC. The molecule has 0 N–H and O–H groups in total. The molecule has 4 nitrogen and oxygen atoms in total. The van der Waals surface area contributed by atoms with Crippen LogP contribution in [0.3, 0.4) is 0 Å². The molecule has 0 aromatic carbocycles. The third kappa shape index (κ3) is 4.23. The van der Waals surface area contributed by atoms with Gasteiger partial charge in [0, 0.05) is 19.0 Å². The molecule has 0 bridgehead atoms. The molecule has 0 aromatic rings. The first-order valence-electron chi connectivity index (χ1n) is 8.45. The normalized spacial score (nSPS) is 21.1. The number of likely N-dealkylation sites (tertiary alicyclic amines) is 1. The van der Waals surface area contributed by atoms with E-state index in [-0.39, 0.29) is 41.1 Å². The van der Waals surface area contributed by atoms with E-state index < -0.39 is 0 Å². The van der Waals surface area contributed by atoms with Crippen molar-refractivity contribution in [2.45, 2.75) is 73.3 Å². The van der Waals surface area contributed by atoms with Crippen molar-refractivity contribution >= 4 is 11.9 Å². The first kappa shape index (κ1) is 19.0. The van der Waals surface area contributed by atoms with Gasteiger partial charge in [0.1, 0.15) is 0 Å². The van der Waals surface area contributed by atoms with Crippen molar-refractivity contribution in [1.29, 1.82) is 0 Å². The summed E-state index contributed by atoms with van der Waals surface area (Å²) in [6.45, 7) is 13.8. The van der Waals surface area contributed by atoms with Gasteiger partial charge in [0.25, 0.3) is 0 Å². The molecule has 1 rings (SSSR count). The van der Waals surface area contributed by atoms with Crippen LogP contribution in [0.1, 0.15) is 67.2 Å². The Morgan fingerprint density at radius 3 is 2.32 bits per heavy atom. The second kappa shape index (κ2) is 7.01. The van der Waals surface area contributed by atoms with E-state index in [1.54, 1.807) is 0 Å². The highest BCUT2D eigenvalue weighted by Gasteiger charge is 2.44. The van der Waals surface area contributed by atoms with Gasteiger partial charge in [-0.05, 0) is 23.7 Å². The third-order valence-electron chi connectivity index (χ3n) is 5.59. The molecule has 1 aliphatic rings. The maximum absolute atomic E-state index is 12.5. The second-order valence-corrected chi connectivity index (χ2v) is 8.05. The van der Waals surface area contributed by atoms with Gasteiger partial charge in [0.2, 0.25) is 5.91 Å². The van der Waals surface area contributed by atoms with E-state index in [2.05, 4.69) is 41.5 Å². The number of methoxy groups -OCH3 is 1. The Bertz CT molecular complexity index is 415. The largest absolute Gasteiger partial charge is 0.469 e. The summed E-state index contributed by atoms with van der Waals surface area (Å²) >= 11 is 0. The topological polar surface area (TPSA) is 46.6 Å². The van der Waals surface area contributed by atoms with Crippen molar-refractivity contribution in [3.63, 3.8) is 0 Å². The van der Waals surface area contributed by atoms with Gasteiger partial charge in [-0.1, -0.05) is 48.0 Å². The van der Waals surface area contributed by atoms with Crippen LogP contribution in [0.25, 0.3) is 0 Å². The zero-order valence-corrected chi connectivity index (χ0v) is 15.4.